The van der Waals surface area contributed by atoms with Crippen molar-refractivity contribution in [1.29, 1.82) is 5.26 Å². The maximum atomic E-state index is 13.4. The molecule has 36 heavy (non-hydrogen) atoms. The third-order valence-electron chi connectivity index (χ3n) is 6.57. The van der Waals surface area contributed by atoms with E-state index in [2.05, 4.69) is 23.3 Å². The van der Waals surface area contributed by atoms with E-state index in [4.69, 9.17) is 9.97 Å². The van der Waals surface area contributed by atoms with Gasteiger partial charge in [-0.3, -0.25) is 10.3 Å². The van der Waals surface area contributed by atoms with Crippen molar-refractivity contribution < 1.29 is 8.94 Å². The minimum atomic E-state index is -0.992. The summed E-state index contributed by atoms with van der Waals surface area (Å²) in [5, 5.41) is 11.3. The third kappa shape index (κ3) is 4.57. The van der Waals surface area contributed by atoms with Crippen LogP contribution in [0, 0.1) is 17.1 Å². The van der Waals surface area contributed by atoms with Crippen LogP contribution < -0.4 is 10.3 Å². The highest BCUT2D eigenvalue weighted by atomic mass is 32.2. The summed E-state index contributed by atoms with van der Waals surface area (Å²) in [6.45, 7) is 3.80. The lowest BCUT2D eigenvalue weighted by Gasteiger charge is -2.27. The first-order valence-electron chi connectivity index (χ1n) is 11.6. The number of halogens is 1. The van der Waals surface area contributed by atoms with Gasteiger partial charge >= 0.3 is 0 Å². The van der Waals surface area contributed by atoms with Gasteiger partial charge in [-0.15, -0.1) is 4.31 Å². The quantitative estimate of drug-likeness (QED) is 0.446. The molecule has 2 aromatic heterocycles. The maximum absolute atomic E-state index is 13.4. The number of likely N-dealkylation sites (N-methyl/N-ethyl adjacent to an activating group) is 1. The Bertz CT molecular complexity index is 1290. The lowest BCUT2D eigenvalue weighted by molar-refractivity contribution is 0.298. The largest absolute Gasteiger partial charge is 0.598 e. The summed E-state index contributed by atoms with van der Waals surface area (Å²) in [4.78, 5) is 14.4. The van der Waals surface area contributed by atoms with Crippen molar-refractivity contribution in [2.24, 2.45) is 0 Å². The van der Waals surface area contributed by atoms with E-state index in [1.54, 1.807) is 30.2 Å². The number of likely N-dealkylation sites (tertiary alicyclic amines) is 1. The van der Waals surface area contributed by atoms with E-state index in [0.29, 0.717) is 21.3 Å². The molecule has 0 spiro atoms. The number of fused-ring (bicyclic) bond motifs is 1. The molecule has 1 saturated heterocycles. The van der Waals surface area contributed by atoms with Crippen LogP contribution in [0.2, 0.25) is 0 Å². The van der Waals surface area contributed by atoms with Crippen molar-refractivity contribution in [3.63, 3.8) is 0 Å². The minimum absolute atomic E-state index is 0.0231. The van der Waals surface area contributed by atoms with E-state index in [1.807, 2.05) is 28.0 Å². The molecule has 0 radical (unpaired) electrons. The minimum Gasteiger partial charge on any atom is -0.598 e. The summed E-state index contributed by atoms with van der Waals surface area (Å²) < 4.78 is 29.3. The van der Waals surface area contributed by atoms with Gasteiger partial charge in [0, 0.05) is 44.1 Å². The second-order valence-corrected chi connectivity index (χ2v) is 12.2. The smallest absolute Gasteiger partial charge is 0.192 e. The van der Waals surface area contributed by atoms with E-state index in [9.17, 15) is 14.2 Å². The Balaban J connectivity index is 1.40. The summed E-state index contributed by atoms with van der Waals surface area (Å²) in [5.74, 6) is 0.554. The van der Waals surface area contributed by atoms with Crippen molar-refractivity contribution in [3.05, 3.63) is 40.7 Å². The fourth-order valence-electron chi connectivity index (χ4n) is 4.51. The van der Waals surface area contributed by atoms with Crippen LogP contribution >= 0.6 is 23.1 Å². The SMILES string of the molecule is CCc1nc2n(c1N(C)c1nc(-c3ccc(F)cc3)c(C#N)s1)NC(N1CCC(N(C)[S+](C)[O-])C1)S2. The van der Waals surface area contributed by atoms with E-state index < -0.39 is 11.4 Å². The highest BCUT2D eigenvalue weighted by molar-refractivity contribution is 8.00. The highest BCUT2D eigenvalue weighted by Gasteiger charge is 2.39. The second kappa shape index (κ2) is 10.2. The van der Waals surface area contributed by atoms with Crippen molar-refractivity contribution in [3.8, 4) is 17.3 Å². The lowest BCUT2D eigenvalue weighted by atomic mass is 10.1. The predicted octanol–water partition coefficient (Wildman–Crippen LogP) is 3.58. The Morgan fingerprint density at radius 1 is 1.31 bits per heavy atom. The molecule has 3 unspecified atom stereocenters. The molecule has 2 aliphatic heterocycles. The van der Waals surface area contributed by atoms with Gasteiger partial charge in [0.2, 0.25) is 0 Å². The number of benzene rings is 1. The van der Waals surface area contributed by atoms with Gasteiger partial charge in [-0.05, 0) is 48.9 Å². The molecule has 1 N–H and O–H groups in total. The molecule has 0 amide bonds. The van der Waals surface area contributed by atoms with Gasteiger partial charge in [-0.25, -0.2) is 19.0 Å². The van der Waals surface area contributed by atoms with E-state index >= 15 is 0 Å². The first-order valence-corrected chi connectivity index (χ1v) is 14.8. The number of rotatable bonds is 7. The van der Waals surface area contributed by atoms with Gasteiger partial charge in [0.25, 0.3) is 0 Å². The van der Waals surface area contributed by atoms with Crippen LogP contribution in [0.5, 0.6) is 0 Å². The number of nitriles is 1. The Hall–Kier alpha value is -2.34. The zero-order valence-corrected chi connectivity index (χ0v) is 22.9. The third-order valence-corrected chi connectivity index (χ3v) is 9.83. The molecule has 0 bridgehead atoms. The fraction of sp³-hybridized carbons (Fsp3) is 0.435. The summed E-state index contributed by atoms with van der Waals surface area (Å²) >= 11 is 1.98. The average molecular weight is 547 g/mol. The average Bonchev–Trinajstić information content (AvgIpc) is 3.65. The van der Waals surface area contributed by atoms with Crippen molar-refractivity contribution in [2.75, 3.05) is 43.8 Å². The predicted molar refractivity (Wildman–Crippen MR) is 143 cm³/mol. The Morgan fingerprint density at radius 2 is 2.06 bits per heavy atom. The maximum Gasteiger partial charge on any atom is 0.192 e. The number of thiazole rings is 1. The van der Waals surface area contributed by atoms with Gasteiger partial charge in [0.15, 0.2) is 16.1 Å². The second-order valence-electron chi connectivity index (χ2n) is 8.71. The number of nitrogens with one attached hydrogen (secondary N) is 1. The molecular weight excluding hydrogens is 520 g/mol. The summed E-state index contributed by atoms with van der Waals surface area (Å²) in [7, 11) is 3.84. The van der Waals surface area contributed by atoms with E-state index in [-0.39, 0.29) is 17.4 Å². The summed E-state index contributed by atoms with van der Waals surface area (Å²) in [6, 6.07) is 8.52. The van der Waals surface area contributed by atoms with Crippen LogP contribution in [0.25, 0.3) is 11.3 Å². The molecule has 3 atom stereocenters. The Labute approximate surface area is 221 Å². The fourth-order valence-corrected chi connectivity index (χ4v) is 7.06. The number of imidazole rings is 1. The van der Waals surface area contributed by atoms with Gasteiger partial charge in [0.05, 0.1) is 11.7 Å². The molecule has 1 fully saturated rings. The van der Waals surface area contributed by atoms with Crippen molar-refractivity contribution in [1.82, 2.24) is 23.8 Å². The van der Waals surface area contributed by atoms with Gasteiger partial charge in [-0.2, -0.15) is 5.26 Å². The molecule has 5 rings (SSSR count). The van der Waals surface area contributed by atoms with Crippen LogP contribution in [0.1, 0.15) is 23.9 Å². The molecule has 0 saturated carbocycles. The zero-order chi connectivity index (χ0) is 25.6. The molecular formula is C23H27FN8OS3. The number of aryl methyl sites for hydroxylation is 1. The number of aromatic nitrogens is 3. The standard InChI is InChI=1S/C23H27FN8OS3/c1-5-17-20(29(2)21-27-19(18(12-25)34-21)14-6-8-15(24)9-7-14)32-22(26-17)35-23(28-32)31-11-10-16(13-31)30(3)36(4)33/h6-9,16,23,28H,5,10-11,13H2,1-4H3. The van der Waals surface area contributed by atoms with Crippen molar-refractivity contribution >= 4 is 45.4 Å². The van der Waals surface area contributed by atoms with Crippen LogP contribution in [-0.4, -0.2) is 73.4 Å². The van der Waals surface area contributed by atoms with Crippen LogP contribution in [0.3, 0.4) is 0 Å². The first-order chi connectivity index (χ1) is 17.3. The highest BCUT2D eigenvalue weighted by Crippen LogP contribution is 2.41. The first kappa shape index (κ1) is 25.3. The number of hydrogen-bond donors (Lipinski definition) is 1. The summed E-state index contributed by atoms with van der Waals surface area (Å²) in [6.07, 6.45) is 3.42. The monoisotopic (exact) mass is 546 g/mol. The van der Waals surface area contributed by atoms with E-state index in [0.717, 1.165) is 42.6 Å². The number of hydrogen-bond acceptors (Lipinski definition) is 10. The molecule has 3 aromatic rings. The molecule has 1 aromatic carbocycles. The van der Waals surface area contributed by atoms with Crippen LogP contribution in [0.4, 0.5) is 15.3 Å². The normalized spacial score (nSPS) is 20.4. The molecule has 13 heteroatoms. The Morgan fingerprint density at radius 3 is 2.72 bits per heavy atom. The van der Waals surface area contributed by atoms with Gasteiger partial charge in [-0.1, -0.05) is 18.3 Å². The summed E-state index contributed by atoms with van der Waals surface area (Å²) in [5.41, 5.74) is 5.79. The van der Waals surface area contributed by atoms with E-state index in [1.165, 1.54) is 23.5 Å². The Kier molecular flexibility index (Phi) is 7.17. The number of anilines is 2. The lowest BCUT2D eigenvalue weighted by Crippen LogP contribution is -2.42. The molecule has 4 heterocycles. The van der Waals surface area contributed by atoms with Gasteiger partial charge in [0.1, 0.15) is 34.2 Å². The van der Waals surface area contributed by atoms with Gasteiger partial charge < -0.3 is 9.45 Å². The molecule has 9 nitrogen and oxygen atoms in total. The van der Waals surface area contributed by atoms with Crippen LogP contribution in [0.15, 0.2) is 29.4 Å². The van der Waals surface area contributed by atoms with Crippen LogP contribution in [-0.2, 0) is 17.8 Å². The molecule has 190 valence electrons. The topological polar surface area (TPSA) is 99.3 Å². The molecule has 2 aliphatic rings. The number of thioether (sulfide) groups is 1. The van der Waals surface area contributed by atoms with Crippen molar-refractivity contribution in [2.45, 2.75) is 36.5 Å². The molecule has 0 aliphatic carbocycles. The number of nitrogens with zero attached hydrogens (tertiary/aromatic N) is 7. The zero-order valence-electron chi connectivity index (χ0n) is 20.4.